The molecular weight excluding hydrogens is 245 g/mol. The van der Waals surface area contributed by atoms with Crippen molar-refractivity contribution >= 4 is 22.4 Å². The lowest BCUT2D eigenvalue weighted by Gasteiger charge is -2.09. The number of fused-ring (bicyclic) bond motifs is 1. The largest absolute Gasteiger partial charge is 0.478 e. The van der Waals surface area contributed by atoms with Crippen LogP contribution in [-0.2, 0) is 11.8 Å². The Hall–Kier alpha value is -2.10. The Morgan fingerprint density at radius 1 is 1.42 bits per heavy atom. The van der Waals surface area contributed by atoms with E-state index in [1.165, 1.54) is 12.1 Å². The Kier molecular flexibility index (Phi) is 3.42. The minimum Gasteiger partial charge on any atom is -0.478 e. The van der Waals surface area contributed by atoms with Gasteiger partial charge in [-0.1, -0.05) is 26.0 Å². The van der Waals surface area contributed by atoms with Gasteiger partial charge in [-0.05, 0) is 17.6 Å². The van der Waals surface area contributed by atoms with Crippen molar-refractivity contribution < 1.29 is 14.3 Å². The van der Waals surface area contributed by atoms with Crippen LogP contribution in [0.2, 0.25) is 0 Å². The third kappa shape index (κ3) is 2.38. The van der Waals surface area contributed by atoms with Gasteiger partial charge in [0.25, 0.3) is 0 Å². The molecule has 0 spiro atoms. The van der Waals surface area contributed by atoms with Crippen LogP contribution in [0.15, 0.2) is 30.5 Å². The number of aromatic nitrogens is 1. The lowest BCUT2D eigenvalue weighted by Crippen LogP contribution is -1.98. The van der Waals surface area contributed by atoms with Crippen molar-refractivity contribution in [2.75, 3.05) is 0 Å². The number of para-hydroxylation sites is 1. The Labute approximate surface area is 111 Å². The van der Waals surface area contributed by atoms with Crippen LogP contribution in [0.1, 0.15) is 19.4 Å². The molecule has 100 valence electrons. The molecule has 0 saturated carbocycles. The van der Waals surface area contributed by atoms with Crippen LogP contribution in [0.4, 0.5) is 4.39 Å². The van der Waals surface area contributed by atoms with Gasteiger partial charge in [0.05, 0.1) is 5.52 Å². The Morgan fingerprint density at radius 3 is 2.68 bits per heavy atom. The van der Waals surface area contributed by atoms with Crippen molar-refractivity contribution in [2.45, 2.75) is 13.8 Å². The van der Waals surface area contributed by atoms with Gasteiger partial charge in [-0.25, -0.2) is 9.18 Å². The first-order valence-electron chi connectivity index (χ1n) is 6.10. The molecular formula is C15H16FNO2. The lowest BCUT2D eigenvalue weighted by molar-refractivity contribution is -0.131. The molecule has 1 heterocycles. The molecule has 1 N–H and O–H groups in total. The van der Waals surface area contributed by atoms with E-state index in [2.05, 4.69) is 0 Å². The molecule has 0 unspecified atom stereocenters. The molecule has 0 atom stereocenters. The van der Waals surface area contributed by atoms with E-state index in [0.29, 0.717) is 11.1 Å². The van der Waals surface area contributed by atoms with Crippen molar-refractivity contribution in [1.29, 1.82) is 0 Å². The zero-order chi connectivity index (χ0) is 14.2. The predicted molar refractivity (Wildman–Crippen MR) is 73.3 cm³/mol. The second-order valence-electron chi connectivity index (χ2n) is 4.88. The fourth-order valence-electron chi connectivity index (χ4n) is 2.34. The number of halogens is 1. The smallest absolute Gasteiger partial charge is 0.328 e. The van der Waals surface area contributed by atoms with E-state index in [0.717, 1.165) is 10.9 Å². The fourth-order valence-corrected chi connectivity index (χ4v) is 2.34. The summed E-state index contributed by atoms with van der Waals surface area (Å²) in [7, 11) is 1.76. The van der Waals surface area contributed by atoms with Crippen LogP contribution in [0.5, 0.6) is 0 Å². The molecule has 0 aliphatic rings. The second kappa shape index (κ2) is 4.88. The molecule has 0 saturated heterocycles. The van der Waals surface area contributed by atoms with Gasteiger partial charge in [-0.3, -0.25) is 0 Å². The van der Waals surface area contributed by atoms with Crippen LogP contribution >= 0.6 is 0 Å². The summed E-state index contributed by atoms with van der Waals surface area (Å²) in [5.74, 6) is -1.24. The van der Waals surface area contributed by atoms with Gasteiger partial charge in [0, 0.05) is 30.3 Å². The number of rotatable bonds is 3. The summed E-state index contributed by atoms with van der Waals surface area (Å²) in [5, 5.41) is 9.71. The minimum absolute atomic E-state index is 0.0463. The van der Waals surface area contributed by atoms with Gasteiger partial charge < -0.3 is 9.67 Å². The normalized spacial score (nSPS) is 12.4. The van der Waals surface area contributed by atoms with Crippen molar-refractivity contribution in [3.8, 4) is 0 Å². The first-order chi connectivity index (χ1) is 8.91. The van der Waals surface area contributed by atoms with Gasteiger partial charge in [-0.15, -0.1) is 0 Å². The van der Waals surface area contributed by atoms with E-state index >= 15 is 0 Å². The molecule has 0 aliphatic carbocycles. The van der Waals surface area contributed by atoms with Gasteiger partial charge >= 0.3 is 5.97 Å². The highest BCUT2D eigenvalue weighted by Crippen LogP contribution is 2.32. The molecule has 0 aliphatic heterocycles. The highest BCUT2D eigenvalue weighted by molar-refractivity contribution is 5.99. The average molecular weight is 261 g/mol. The summed E-state index contributed by atoms with van der Waals surface area (Å²) < 4.78 is 15.5. The molecule has 2 aromatic rings. The van der Waals surface area contributed by atoms with E-state index in [1.807, 2.05) is 19.9 Å². The fraction of sp³-hybridized carbons (Fsp3) is 0.267. The number of carbonyl (C=O) groups is 1. The molecule has 0 radical (unpaired) electrons. The summed E-state index contributed by atoms with van der Waals surface area (Å²) in [6.07, 6.45) is 2.98. The number of aryl methyl sites for hydroxylation is 1. The van der Waals surface area contributed by atoms with Crippen LogP contribution in [0.25, 0.3) is 16.5 Å². The molecule has 0 bridgehead atoms. The monoisotopic (exact) mass is 261 g/mol. The third-order valence-electron chi connectivity index (χ3n) is 3.16. The number of carboxylic acid groups (broad SMARTS) is 1. The first kappa shape index (κ1) is 13.3. The average Bonchev–Trinajstić information content (AvgIpc) is 2.64. The summed E-state index contributed by atoms with van der Waals surface area (Å²) in [6.45, 7) is 3.85. The Bertz CT molecular complexity index is 668. The van der Waals surface area contributed by atoms with Crippen LogP contribution in [0.3, 0.4) is 0 Å². The summed E-state index contributed by atoms with van der Waals surface area (Å²) >= 11 is 0. The highest BCUT2D eigenvalue weighted by Gasteiger charge is 2.16. The predicted octanol–water partition coefficient (Wildman–Crippen LogP) is 3.44. The van der Waals surface area contributed by atoms with Crippen molar-refractivity contribution in [1.82, 2.24) is 4.57 Å². The first-order valence-corrected chi connectivity index (χ1v) is 6.10. The summed E-state index contributed by atoms with van der Waals surface area (Å²) in [4.78, 5) is 10.9. The standard InChI is InChI=1S/C15H16FNO2/c1-9(2)11(7-14(18)19)12-8-17(3)15-10(12)5-4-6-13(15)16/h4-9H,1-3H3,(H,18,19)/b11-7+. The van der Waals surface area contributed by atoms with Crippen LogP contribution in [0, 0.1) is 11.7 Å². The lowest BCUT2D eigenvalue weighted by atomic mass is 9.94. The maximum atomic E-state index is 13.8. The maximum absolute atomic E-state index is 13.8. The van der Waals surface area contributed by atoms with E-state index in [1.54, 1.807) is 23.9 Å². The number of aliphatic carboxylic acids is 1. The van der Waals surface area contributed by atoms with Crippen molar-refractivity contribution in [3.63, 3.8) is 0 Å². The Balaban J connectivity index is 2.75. The zero-order valence-electron chi connectivity index (χ0n) is 11.1. The molecule has 0 amide bonds. The van der Waals surface area contributed by atoms with Crippen molar-refractivity contribution in [3.05, 3.63) is 41.9 Å². The number of benzene rings is 1. The van der Waals surface area contributed by atoms with Gasteiger partial charge in [-0.2, -0.15) is 0 Å². The van der Waals surface area contributed by atoms with E-state index in [9.17, 15) is 9.18 Å². The molecule has 1 aromatic carbocycles. The van der Waals surface area contributed by atoms with Crippen LogP contribution < -0.4 is 0 Å². The number of allylic oxidation sites excluding steroid dienone is 1. The molecule has 3 nitrogen and oxygen atoms in total. The Morgan fingerprint density at radius 2 is 2.11 bits per heavy atom. The second-order valence-corrected chi connectivity index (χ2v) is 4.88. The van der Waals surface area contributed by atoms with Gasteiger partial charge in [0.15, 0.2) is 0 Å². The molecule has 2 rings (SSSR count). The summed E-state index contributed by atoms with van der Waals surface area (Å²) in [5.41, 5.74) is 1.97. The number of hydrogen-bond donors (Lipinski definition) is 1. The minimum atomic E-state index is -0.989. The molecule has 0 fully saturated rings. The SMILES string of the molecule is CC(C)/C(=C\C(=O)O)c1cn(C)c2c(F)cccc12. The number of nitrogens with zero attached hydrogens (tertiary/aromatic N) is 1. The van der Waals surface area contributed by atoms with E-state index in [-0.39, 0.29) is 11.7 Å². The highest BCUT2D eigenvalue weighted by atomic mass is 19.1. The zero-order valence-corrected chi connectivity index (χ0v) is 11.1. The van der Waals surface area contributed by atoms with Crippen molar-refractivity contribution in [2.24, 2.45) is 13.0 Å². The van der Waals surface area contributed by atoms with Crippen LogP contribution in [-0.4, -0.2) is 15.6 Å². The third-order valence-corrected chi connectivity index (χ3v) is 3.16. The molecule has 1 aromatic heterocycles. The van der Waals surface area contributed by atoms with Gasteiger partial charge in [0.1, 0.15) is 5.82 Å². The molecule has 19 heavy (non-hydrogen) atoms. The number of carboxylic acids is 1. The maximum Gasteiger partial charge on any atom is 0.328 e. The van der Waals surface area contributed by atoms with E-state index < -0.39 is 5.97 Å². The van der Waals surface area contributed by atoms with E-state index in [4.69, 9.17) is 5.11 Å². The summed E-state index contributed by atoms with van der Waals surface area (Å²) in [6, 6.07) is 4.85. The topological polar surface area (TPSA) is 42.2 Å². The molecule has 4 heteroatoms. The number of hydrogen-bond acceptors (Lipinski definition) is 1. The quantitative estimate of drug-likeness (QED) is 0.860. The van der Waals surface area contributed by atoms with Gasteiger partial charge in [0.2, 0.25) is 0 Å².